The van der Waals surface area contributed by atoms with Gasteiger partial charge in [0.05, 0.1) is 0 Å². The molecule has 3 rings (SSSR count). The number of nitrogens with one attached hydrogen (secondary N) is 1. The van der Waals surface area contributed by atoms with Gasteiger partial charge in [-0.2, -0.15) is 0 Å². The van der Waals surface area contributed by atoms with Gasteiger partial charge in [-0.05, 0) is 56.0 Å². The van der Waals surface area contributed by atoms with E-state index in [1.165, 1.54) is 35.4 Å². The first-order chi connectivity index (χ1) is 13.0. The Morgan fingerprint density at radius 3 is 2.48 bits per heavy atom. The standard InChI is InChI=1S/C22H25FN2O2/c1-16-3-2-4-17(15-16)9-12-24-21(26)18-10-13-25(14-11-18)22(27)19-5-7-20(23)8-6-19/h2-8,15,18H,9-14H2,1H3,(H,24,26). The smallest absolute Gasteiger partial charge is 0.253 e. The van der Waals surface area contributed by atoms with Crippen LogP contribution in [0.5, 0.6) is 0 Å². The highest BCUT2D eigenvalue weighted by molar-refractivity contribution is 5.94. The third-order valence-electron chi connectivity index (χ3n) is 5.04. The second kappa shape index (κ2) is 8.80. The van der Waals surface area contributed by atoms with Gasteiger partial charge >= 0.3 is 0 Å². The van der Waals surface area contributed by atoms with Gasteiger partial charge in [-0.3, -0.25) is 9.59 Å². The van der Waals surface area contributed by atoms with E-state index in [0.29, 0.717) is 38.0 Å². The minimum atomic E-state index is -0.354. The molecule has 2 aromatic carbocycles. The summed E-state index contributed by atoms with van der Waals surface area (Å²) >= 11 is 0. The van der Waals surface area contributed by atoms with Crippen molar-refractivity contribution in [3.8, 4) is 0 Å². The zero-order chi connectivity index (χ0) is 19.2. The van der Waals surface area contributed by atoms with Crippen LogP contribution >= 0.6 is 0 Å². The fourth-order valence-corrected chi connectivity index (χ4v) is 3.46. The highest BCUT2D eigenvalue weighted by Crippen LogP contribution is 2.19. The Hall–Kier alpha value is -2.69. The Kier molecular flexibility index (Phi) is 6.22. The quantitative estimate of drug-likeness (QED) is 0.880. The van der Waals surface area contributed by atoms with Crippen LogP contribution < -0.4 is 5.32 Å². The number of piperidine rings is 1. The lowest BCUT2D eigenvalue weighted by Crippen LogP contribution is -2.43. The molecule has 142 valence electrons. The molecule has 1 N–H and O–H groups in total. The number of aryl methyl sites for hydroxylation is 1. The topological polar surface area (TPSA) is 49.4 Å². The molecule has 0 radical (unpaired) electrons. The van der Waals surface area contributed by atoms with Crippen LogP contribution in [-0.2, 0) is 11.2 Å². The summed E-state index contributed by atoms with van der Waals surface area (Å²) in [4.78, 5) is 26.6. The monoisotopic (exact) mass is 368 g/mol. The van der Waals surface area contributed by atoms with Crippen molar-refractivity contribution in [2.45, 2.75) is 26.2 Å². The van der Waals surface area contributed by atoms with Gasteiger partial charge in [-0.15, -0.1) is 0 Å². The van der Waals surface area contributed by atoms with Crippen LogP contribution in [0.2, 0.25) is 0 Å². The van der Waals surface area contributed by atoms with Crippen LogP contribution in [0.3, 0.4) is 0 Å². The maximum absolute atomic E-state index is 13.0. The second-order valence-corrected chi connectivity index (χ2v) is 7.10. The molecule has 4 nitrogen and oxygen atoms in total. The average molecular weight is 368 g/mol. The van der Waals surface area contributed by atoms with Crippen LogP contribution in [0.1, 0.15) is 34.3 Å². The Morgan fingerprint density at radius 1 is 1.11 bits per heavy atom. The molecule has 0 bridgehead atoms. The van der Waals surface area contributed by atoms with Crippen molar-refractivity contribution >= 4 is 11.8 Å². The van der Waals surface area contributed by atoms with E-state index in [0.717, 1.165) is 6.42 Å². The number of halogens is 1. The number of carbonyl (C=O) groups is 2. The number of benzene rings is 2. The van der Waals surface area contributed by atoms with Gasteiger partial charge < -0.3 is 10.2 Å². The predicted octanol–water partition coefficient (Wildman–Crippen LogP) is 3.35. The van der Waals surface area contributed by atoms with E-state index < -0.39 is 0 Å². The molecule has 1 aliphatic heterocycles. The first-order valence-corrected chi connectivity index (χ1v) is 9.41. The molecule has 1 aliphatic rings. The Morgan fingerprint density at radius 2 is 1.81 bits per heavy atom. The lowest BCUT2D eigenvalue weighted by molar-refractivity contribution is -0.126. The van der Waals surface area contributed by atoms with Gasteiger partial charge in [0.2, 0.25) is 5.91 Å². The van der Waals surface area contributed by atoms with Crippen LogP contribution in [0.4, 0.5) is 4.39 Å². The summed E-state index contributed by atoms with van der Waals surface area (Å²) in [6.07, 6.45) is 2.13. The number of rotatable bonds is 5. The lowest BCUT2D eigenvalue weighted by Gasteiger charge is -2.31. The normalized spacial score (nSPS) is 14.8. The van der Waals surface area contributed by atoms with Crippen LogP contribution in [0.25, 0.3) is 0 Å². The van der Waals surface area contributed by atoms with Gasteiger partial charge in [0.1, 0.15) is 5.82 Å². The number of hydrogen-bond acceptors (Lipinski definition) is 2. The zero-order valence-electron chi connectivity index (χ0n) is 15.6. The third-order valence-corrected chi connectivity index (χ3v) is 5.04. The summed E-state index contributed by atoms with van der Waals surface area (Å²) in [5, 5.41) is 3.02. The van der Waals surface area contributed by atoms with E-state index >= 15 is 0 Å². The van der Waals surface area contributed by atoms with Crippen molar-refractivity contribution in [3.05, 3.63) is 71.0 Å². The number of hydrogen-bond donors (Lipinski definition) is 1. The summed E-state index contributed by atoms with van der Waals surface area (Å²) < 4.78 is 13.0. The molecule has 0 atom stereocenters. The molecular weight excluding hydrogens is 343 g/mol. The van der Waals surface area contributed by atoms with Gasteiger partial charge in [0.15, 0.2) is 0 Å². The van der Waals surface area contributed by atoms with Gasteiger partial charge in [-0.25, -0.2) is 4.39 Å². The van der Waals surface area contributed by atoms with E-state index in [-0.39, 0.29) is 23.5 Å². The van der Waals surface area contributed by atoms with Gasteiger partial charge in [0, 0.05) is 31.1 Å². The molecule has 2 amide bonds. The molecule has 1 heterocycles. The summed E-state index contributed by atoms with van der Waals surface area (Å²) in [6.45, 7) is 3.78. The van der Waals surface area contributed by atoms with Crippen LogP contribution in [0, 0.1) is 18.7 Å². The molecule has 2 aromatic rings. The third kappa shape index (κ3) is 5.16. The van der Waals surface area contributed by atoms with E-state index in [9.17, 15) is 14.0 Å². The van der Waals surface area contributed by atoms with Gasteiger partial charge in [-0.1, -0.05) is 29.8 Å². The number of likely N-dealkylation sites (tertiary alicyclic amines) is 1. The highest BCUT2D eigenvalue weighted by atomic mass is 19.1. The van der Waals surface area contributed by atoms with E-state index in [2.05, 4.69) is 30.4 Å². The highest BCUT2D eigenvalue weighted by Gasteiger charge is 2.27. The fraction of sp³-hybridized carbons (Fsp3) is 0.364. The zero-order valence-corrected chi connectivity index (χ0v) is 15.6. The van der Waals surface area contributed by atoms with Gasteiger partial charge in [0.25, 0.3) is 5.91 Å². The fourth-order valence-electron chi connectivity index (χ4n) is 3.46. The molecule has 1 fully saturated rings. The maximum atomic E-state index is 13.0. The van der Waals surface area contributed by atoms with Crippen molar-refractivity contribution in [2.24, 2.45) is 5.92 Å². The molecule has 27 heavy (non-hydrogen) atoms. The van der Waals surface area contributed by atoms with E-state index in [1.807, 2.05) is 6.07 Å². The van der Waals surface area contributed by atoms with E-state index in [1.54, 1.807) is 4.90 Å². The maximum Gasteiger partial charge on any atom is 0.253 e. The molecule has 0 saturated carbocycles. The first-order valence-electron chi connectivity index (χ1n) is 9.41. The van der Waals surface area contributed by atoms with Crippen LogP contribution in [-0.4, -0.2) is 36.3 Å². The van der Waals surface area contributed by atoms with Crippen LogP contribution in [0.15, 0.2) is 48.5 Å². The summed E-state index contributed by atoms with van der Waals surface area (Å²) in [5.74, 6) is -0.447. The Labute approximate surface area is 159 Å². The molecule has 0 spiro atoms. The van der Waals surface area contributed by atoms with Crippen molar-refractivity contribution in [2.75, 3.05) is 19.6 Å². The summed E-state index contributed by atoms with van der Waals surface area (Å²) in [6, 6.07) is 13.9. The van der Waals surface area contributed by atoms with Crippen molar-refractivity contribution in [1.29, 1.82) is 0 Å². The Balaban J connectivity index is 1.43. The SMILES string of the molecule is Cc1cccc(CCNC(=O)C2CCN(C(=O)c3ccc(F)cc3)CC2)c1. The lowest BCUT2D eigenvalue weighted by atomic mass is 9.95. The number of carbonyl (C=O) groups excluding carboxylic acids is 2. The number of nitrogens with zero attached hydrogens (tertiary/aromatic N) is 1. The summed E-state index contributed by atoms with van der Waals surface area (Å²) in [7, 11) is 0. The largest absolute Gasteiger partial charge is 0.356 e. The second-order valence-electron chi connectivity index (χ2n) is 7.10. The Bertz CT molecular complexity index is 796. The number of amides is 2. The molecular formula is C22H25FN2O2. The molecule has 1 saturated heterocycles. The minimum Gasteiger partial charge on any atom is -0.356 e. The van der Waals surface area contributed by atoms with Crippen molar-refractivity contribution in [3.63, 3.8) is 0 Å². The molecule has 0 unspecified atom stereocenters. The average Bonchev–Trinajstić information content (AvgIpc) is 2.68. The predicted molar refractivity (Wildman–Crippen MR) is 103 cm³/mol. The van der Waals surface area contributed by atoms with Crippen molar-refractivity contribution < 1.29 is 14.0 Å². The first kappa shape index (κ1) is 19.1. The molecule has 5 heteroatoms. The molecule has 0 aromatic heterocycles. The van der Waals surface area contributed by atoms with Crippen molar-refractivity contribution in [1.82, 2.24) is 10.2 Å². The molecule has 0 aliphatic carbocycles. The summed E-state index contributed by atoms with van der Waals surface area (Å²) in [5.41, 5.74) is 2.92. The van der Waals surface area contributed by atoms with E-state index in [4.69, 9.17) is 0 Å². The minimum absolute atomic E-state index is 0.0558.